The molecule has 1 aliphatic rings. The van der Waals surface area contributed by atoms with Gasteiger partial charge in [-0.1, -0.05) is 0 Å². The number of imidazole rings is 1. The fourth-order valence-electron chi connectivity index (χ4n) is 2.26. The number of hydrogen-bond acceptors (Lipinski definition) is 4. The first-order chi connectivity index (χ1) is 8.33. The van der Waals surface area contributed by atoms with Gasteiger partial charge in [-0.05, 0) is 19.8 Å². The molecule has 4 nitrogen and oxygen atoms in total. The van der Waals surface area contributed by atoms with Gasteiger partial charge in [-0.2, -0.15) is 0 Å². The summed E-state index contributed by atoms with van der Waals surface area (Å²) in [6.45, 7) is 3.92. The molecule has 2 aromatic heterocycles. The molecule has 17 heavy (non-hydrogen) atoms. The Morgan fingerprint density at radius 3 is 3.41 bits per heavy atom. The van der Waals surface area contributed by atoms with Gasteiger partial charge in [0.1, 0.15) is 0 Å². The van der Waals surface area contributed by atoms with Crippen molar-refractivity contribution in [2.45, 2.75) is 38.5 Å². The minimum absolute atomic E-state index is 0.374. The quantitative estimate of drug-likeness (QED) is 0.904. The zero-order valence-corrected chi connectivity index (χ0v) is 10.7. The number of nitrogens with one attached hydrogen (secondary N) is 1. The maximum atomic E-state index is 5.66. The Balaban J connectivity index is 1.58. The highest BCUT2D eigenvalue weighted by molar-refractivity contribution is 7.15. The summed E-state index contributed by atoms with van der Waals surface area (Å²) in [6.07, 6.45) is 6.86. The average molecular weight is 251 g/mol. The Morgan fingerprint density at radius 1 is 1.71 bits per heavy atom. The van der Waals surface area contributed by atoms with E-state index >= 15 is 0 Å². The fraction of sp³-hybridized carbons (Fsp3) is 0.583. The first-order valence-electron chi connectivity index (χ1n) is 6.09. The van der Waals surface area contributed by atoms with Crippen molar-refractivity contribution in [3.05, 3.63) is 23.5 Å². The van der Waals surface area contributed by atoms with Crippen molar-refractivity contribution < 1.29 is 4.74 Å². The van der Waals surface area contributed by atoms with Crippen LogP contribution in [0.5, 0.6) is 0 Å². The molecule has 92 valence electrons. The standard InChI is InChI=1S/C12H17N3OS/c1-9(11-3-2-5-16-11)13-7-10-8-15-4-6-17-12(15)14-10/h4,6,8-9,11,13H,2-3,5,7H2,1H3. The summed E-state index contributed by atoms with van der Waals surface area (Å²) in [4.78, 5) is 5.61. The third-order valence-electron chi connectivity index (χ3n) is 3.27. The van der Waals surface area contributed by atoms with Gasteiger partial charge >= 0.3 is 0 Å². The number of ether oxygens (including phenoxy) is 1. The zero-order chi connectivity index (χ0) is 11.7. The fourth-order valence-corrected chi connectivity index (χ4v) is 2.97. The molecule has 2 aromatic rings. The van der Waals surface area contributed by atoms with Crippen LogP contribution in [0.4, 0.5) is 0 Å². The van der Waals surface area contributed by atoms with Crippen LogP contribution in [0.25, 0.3) is 4.96 Å². The van der Waals surface area contributed by atoms with Crippen molar-refractivity contribution >= 4 is 16.3 Å². The molecule has 1 fully saturated rings. The van der Waals surface area contributed by atoms with Crippen LogP contribution >= 0.6 is 11.3 Å². The highest BCUT2D eigenvalue weighted by Gasteiger charge is 2.21. The predicted molar refractivity (Wildman–Crippen MR) is 68.3 cm³/mol. The number of rotatable bonds is 4. The molecule has 0 spiro atoms. The summed E-state index contributed by atoms with van der Waals surface area (Å²) < 4.78 is 7.73. The minimum Gasteiger partial charge on any atom is -0.377 e. The van der Waals surface area contributed by atoms with E-state index in [9.17, 15) is 0 Å². The van der Waals surface area contributed by atoms with Crippen LogP contribution in [0.2, 0.25) is 0 Å². The number of nitrogens with zero attached hydrogens (tertiary/aromatic N) is 2. The van der Waals surface area contributed by atoms with E-state index in [-0.39, 0.29) is 0 Å². The van der Waals surface area contributed by atoms with Gasteiger partial charge in [0, 0.05) is 37.0 Å². The van der Waals surface area contributed by atoms with Crippen LogP contribution in [0.15, 0.2) is 17.8 Å². The predicted octanol–water partition coefficient (Wildman–Crippen LogP) is 2.05. The van der Waals surface area contributed by atoms with Gasteiger partial charge in [-0.15, -0.1) is 11.3 Å². The number of fused-ring (bicyclic) bond motifs is 1. The maximum Gasteiger partial charge on any atom is 0.193 e. The summed E-state index contributed by atoms with van der Waals surface area (Å²) in [5, 5.41) is 5.55. The first kappa shape index (κ1) is 11.2. The van der Waals surface area contributed by atoms with Gasteiger partial charge in [0.2, 0.25) is 0 Å². The molecule has 3 rings (SSSR count). The number of thiazole rings is 1. The highest BCUT2D eigenvalue weighted by Crippen LogP contribution is 2.16. The molecule has 0 radical (unpaired) electrons. The van der Waals surface area contributed by atoms with E-state index in [1.165, 1.54) is 12.8 Å². The number of hydrogen-bond donors (Lipinski definition) is 1. The van der Waals surface area contributed by atoms with Gasteiger partial charge < -0.3 is 10.1 Å². The third-order valence-corrected chi connectivity index (χ3v) is 4.04. The second-order valence-electron chi connectivity index (χ2n) is 4.55. The Kier molecular flexibility index (Phi) is 3.13. The van der Waals surface area contributed by atoms with E-state index in [0.717, 1.165) is 23.8 Å². The van der Waals surface area contributed by atoms with E-state index in [2.05, 4.69) is 33.2 Å². The van der Waals surface area contributed by atoms with Crippen molar-refractivity contribution in [2.75, 3.05) is 6.61 Å². The second-order valence-corrected chi connectivity index (χ2v) is 5.42. The molecule has 5 heteroatoms. The molecule has 0 amide bonds. The van der Waals surface area contributed by atoms with Gasteiger partial charge in [-0.3, -0.25) is 4.40 Å². The van der Waals surface area contributed by atoms with Crippen molar-refractivity contribution in [1.29, 1.82) is 0 Å². The van der Waals surface area contributed by atoms with Crippen LogP contribution in [0.1, 0.15) is 25.5 Å². The summed E-state index contributed by atoms with van der Waals surface area (Å²) in [5.41, 5.74) is 1.10. The van der Waals surface area contributed by atoms with Crippen molar-refractivity contribution in [3.8, 4) is 0 Å². The topological polar surface area (TPSA) is 38.6 Å². The molecule has 1 aliphatic heterocycles. The molecule has 1 N–H and O–H groups in total. The van der Waals surface area contributed by atoms with Gasteiger partial charge in [0.05, 0.1) is 11.8 Å². The smallest absolute Gasteiger partial charge is 0.193 e. The van der Waals surface area contributed by atoms with Crippen LogP contribution in [-0.4, -0.2) is 28.1 Å². The average Bonchev–Trinajstić information content (AvgIpc) is 3.01. The molecule has 0 aromatic carbocycles. The monoisotopic (exact) mass is 251 g/mol. The molecular formula is C12H17N3OS. The first-order valence-corrected chi connectivity index (χ1v) is 6.97. The van der Waals surface area contributed by atoms with Crippen LogP contribution < -0.4 is 5.32 Å². The van der Waals surface area contributed by atoms with Crippen LogP contribution in [0, 0.1) is 0 Å². The van der Waals surface area contributed by atoms with E-state index in [4.69, 9.17) is 4.74 Å². The Labute approximate surface area is 105 Å². The summed E-state index contributed by atoms with van der Waals surface area (Å²) >= 11 is 1.67. The summed E-state index contributed by atoms with van der Waals surface area (Å²) in [5.74, 6) is 0. The minimum atomic E-state index is 0.374. The van der Waals surface area contributed by atoms with Crippen LogP contribution in [0.3, 0.4) is 0 Å². The van der Waals surface area contributed by atoms with Crippen molar-refractivity contribution in [3.63, 3.8) is 0 Å². The lowest BCUT2D eigenvalue weighted by atomic mass is 10.1. The van der Waals surface area contributed by atoms with E-state index in [1.807, 2.05) is 6.20 Å². The third kappa shape index (κ3) is 2.36. The Morgan fingerprint density at radius 2 is 2.65 bits per heavy atom. The lowest BCUT2D eigenvalue weighted by Crippen LogP contribution is -2.36. The van der Waals surface area contributed by atoms with Crippen molar-refractivity contribution in [1.82, 2.24) is 14.7 Å². The number of aromatic nitrogens is 2. The molecule has 2 unspecified atom stereocenters. The van der Waals surface area contributed by atoms with E-state index in [0.29, 0.717) is 12.1 Å². The molecular weight excluding hydrogens is 234 g/mol. The van der Waals surface area contributed by atoms with Crippen molar-refractivity contribution in [2.24, 2.45) is 0 Å². The van der Waals surface area contributed by atoms with Gasteiger partial charge in [0.25, 0.3) is 0 Å². The SMILES string of the molecule is CC(NCc1cn2ccsc2n1)C1CCCO1. The molecule has 2 atom stereocenters. The molecule has 1 saturated heterocycles. The van der Waals surface area contributed by atoms with Gasteiger partial charge in [-0.25, -0.2) is 4.98 Å². The largest absolute Gasteiger partial charge is 0.377 e. The van der Waals surface area contributed by atoms with Gasteiger partial charge in [0.15, 0.2) is 4.96 Å². The lowest BCUT2D eigenvalue weighted by molar-refractivity contribution is 0.0831. The zero-order valence-electron chi connectivity index (χ0n) is 9.93. The molecule has 0 saturated carbocycles. The Bertz CT molecular complexity index is 458. The van der Waals surface area contributed by atoms with E-state index < -0.39 is 0 Å². The highest BCUT2D eigenvalue weighted by atomic mass is 32.1. The molecule has 3 heterocycles. The second kappa shape index (κ2) is 4.76. The molecule has 0 aliphatic carbocycles. The molecule has 0 bridgehead atoms. The summed E-state index contributed by atoms with van der Waals surface area (Å²) in [6, 6.07) is 0.400. The summed E-state index contributed by atoms with van der Waals surface area (Å²) in [7, 11) is 0. The van der Waals surface area contributed by atoms with Crippen LogP contribution in [-0.2, 0) is 11.3 Å². The normalized spacial score (nSPS) is 22.3. The Hall–Kier alpha value is -0.910. The lowest BCUT2D eigenvalue weighted by Gasteiger charge is -2.19. The van der Waals surface area contributed by atoms with E-state index in [1.54, 1.807) is 11.3 Å². The maximum absolute atomic E-state index is 5.66.